The summed E-state index contributed by atoms with van der Waals surface area (Å²) in [4.78, 5) is 12.5. The lowest BCUT2D eigenvalue weighted by Gasteiger charge is -2.10. The van der Waals surface area contributed by atoms with Gasteiger partial charge in [-0.2, -0.15) is 0 Å². The lowest BCUT2D eigenvalue weighted by atomic mass is 9.95. The van der Waals surface area contributed by atoms with Crippen molar-refractivity contribution in [3.8, 4) is 0 Å². The summed E-state index contributed by atoms with van der Waals surface area (Å²) in [5.74, 6) is -0.569. The smallest absolute Gasteiger partial charge is 0.194 e. The molecule has 0 saturated heterocycles. The first kappa shape index (κ1) is 13.9. The Bertz CT molecular complexity index is 662. The third-order valence-corrected chi connectivity index (χ3v) is 3.95. The molecule has 3 heteroatoms. The summed E-state index contributed by atoms with van der Waals surface area (Å²) in [7, 11) is 0. The van der Waals surface area contributed by atoms with Gasteiger partial charge in [-0.15, -0.1) is 0 Å². The number of ketones is 1. The van der Waals surface area contributed by atoms with Gasteiger partial charge in [0.1, 0.15) is 5.82 Å². The van der Waals surface area contributed by atoms with Crippen LogP contribution in [-0.4, -0.2) is 5.78 Å². The number of rotatable bonds is 2. The molecule has 2 aromatic carbocycles. The van der Waals surface area contributed by atoms with Crippen LogP contribution in [0.25, 0.3) is 0 Å². The zero-order chi connectivity index (χ0) is 14.2. The monoisotopic (exact) mass is 320 g/mol. The van der Waals surface area contributed by atoms with Crippen LogP contribution in [0.2, 0.25) is 0 Å². The summed E-state index contributed by atoms with van der Waals surface area (Å²) in [5.41, 5.74) is 4.08. The fraction of sp³-hybridized carbons (Fsp3) is 0.188. The van der Waals surface area contributed by atoms with E-state index in [2.05, 4.69) is 15.9 Å². The van der Waals surface area contributed by atoms with Crippen LogP contribution in [0.5, 0.6) is 0 Å². The topological polar surface area (TPSA) is 17.1 Å². The molecule has 0 saturated carbocycles. The molecule has 0 N–H and O–H groups in total. The minimum Gasteiger partial charge on any atom is -0.289 e. The van der Waals surface area contributed by atoms with E-state index in [-0.39, 0.29) is 5.78 Å². The minimum atomic E-state index is -0.409. The summed E-state index contributed by atoms with van der Waals surface area (Å²) >= 11 is 3.30. The highest BCUT2D eigenvalue weighted by molar-refractivity contribution is 9.10. The molecule has 0 amide bonds. The molecule has 0 bridgehead atoms. The molecule has 0 radical (unpaired) electrons. The summed E-state index contributed by atoms with van der Waals surface area (Å²) < 4.78 is 13.9. The molecule has 0 unspecified atom stereocenters. The van der Waals surface area contributed by atoms with Crippen molar-refractivity contribution in [1.82, 2.24) is 0 Å². The van der Waals surface area contributed by atoms with Gasteiger partial charge in [0.25, 0.3) is 0 Å². The van der Waals surface area contributed by atoms with Crippen molar-refractivity contribution in [2.45, 2.75) is 20.8 Å². The van der Waals surface area contributed by atoms with Gasteiger partial charge in [-0.1, -0.05) is 22.0 Å². The first-order valence-electron chi connectivity index (χ1n) is 5.97. The largest absolute Gasteiger partial charge is 0.289 e. The summed E-state index contributed by atoms with van der Waals surface area (Å²) in [5, 5.41) is 0. The average molecular weight is 321 g/mol. The number of carbonyl (C=O) groups is 1. The number of hydrogen-bond donors (Lipinski definition) is 0. The Morgan fingerprint density at radius 3 is 2.26 bits per heavy atom. The van der Waals surface area contributed by atoms with E-state index in [0.717, 1.165) is 16.7 Å². The van der Waals surface area contributed by atoms with Gasteiger partial charge in [-0.25, -0.2) is 4.39 Å². The van der Waals surface area contributed by atoms with Crippen LogP contribution in [-0.2, 0) is 0 Å². The van der Waals surface area contributed by atoms with Crippen LogP contribution in [0, 0.1) is 26.6 Å². The van der Waals surface area contributed by atoms with Gasteiger partial charge in [0.15, 0.2) is 5.78 Å². The quantitative estimate of drug-likeness (QED) is 0.730. The number of hydrogen-bond acceptors (Lipinski definition) is 1. The van der Waals surface area contributed by atoms with E-state index in [0.29, 0.717) is 15.6 Å². The van der Waals surface area contributed by atoms with Crippen molar-refractivity contribution in [3.63, 3.8) is 0 Å². The van der Waals surface area contributed by atoms with Crippen molar-refractivity contribution in [2.24, 2.45) is 0 Å². The van der Waals surface area contributed by atoms with Crippen molar-refractivity contribution >= 4 is 21.7 Å². The molecule has 0 aliphatic carbocycles. The van der Waals surface area contributed by atoms with E-state index in [4.69, 9.17) is 0 Å². The van der Waals surface area contributed by atoms with Crippen LogP contribution >= 0.6 is 15.9 Å². The zero-order valence-electron chi connectivity index (χ0n) is 11.1. The van der Waals surface area contributed by atoms with E-state index >= 15 is 0 Å². The van der Waals surface area contributed by atoms with E-state index in [1.807, 2.05) is 32.9 Å². The standard InChI is InChI=1S/C16H14BrFO/c1-9-6-11(3)13(7-10(9)2)16(19)14-8-12(18)4-5-15(14)17/h4-8H,1-3H3. The van der Waals surface area contributed by atoms with Crippen molar-refractivity contribution in [3.05, 3.63) is 68.4 Å². The number of carbonyl (C=O) groups excluding carboxylic acids is 1. The fourth-order valence-electron chi connectivity index (χ4n) is 2.02. The molecule has 0 aliphatic rings. The molecule has 19 heavy (non-hydrogen) atoms. The van der Waals surface area contributed by atoms with Crippen LogP contribution in [0.15, 0.2) is 34.8 Å². The van der Waals surface area contributed by atoms with Gasteiger partial charge in [-0.3, -0.25) is 4.79 Å². The Morgan fingerprint density at radius 2 is 1.58 bits per heavy atom. The Kier molecular flexibility index (Phi) is 3.85. The van der Waals surface area contributed by atoms with Crippen LogP contribution < -0.4 is 0 Å². The number of halogens is 2. The lowest BCUT2D eigenvalue weighted by molar-refractivity contribution is 0.103. The van der Waals surface area contributed by atoms with Crippen LogP contribution in [0.3, 0.4) is 0 Å². The summed E-state index contributed by atoms with van der Waals surface area (Å²) in [6.07, 6.45) is 0. The molecule has 2 rings (SSSR count). The molecule has 0 fully saturated rings. The second-order valence-corrected chi connectivity index (χ2v) is 5.56. The van der Waals surface area contributed by atoms with Crippen LogP contribution in [0.1, 0.15) is 32.6 Å². The van der Waals surface area contributed by atoms with E-state index < -0.39 is 5.82 Å². The number of aryl methyl sites for hydroxylation is 3. The van der Waals surface area contributed by atoms with Gasteiger partial charge < -0.3 is 0 Å². The normalized spacial score (nSPS) is 10.6. The van der Waals surface area contributed by atoms with E-state index in [1.165, 1.54) is 12.1 Å². The first-order valence-corrected chi connectivity index (χ1v) is 6.77. The molecule has 0 aromatic heterocycles. The molecule has 0 spiro atoms. The van der Waals surface area contributed by atoms with Gasteiger partial charge in [0, 0.05) is 15.6 Å². The highest BCUT2D eigenvalue weighted by Gasteiger charge is 2.16. The fourth-order valence-corrected chi connectivity index (χ4v) is 2.45. The first-order chi connectivity index (χ1) is 8.90. The summed E-state index contributed by atoms with van der Waals surface area (Å²) in [6, 6.07) is 7.99. The Labute approximate surface area is 120 Å². The molecule has 0 heterocycles. The lowest BCUT2D eigenvalue weighted by Crippen LogP contribution is -2.06. The van der Waals surface area contributed by atoms with Gasteiger partial charge in [0.05, 0.1) is 0 Å². The highest BCUT2D eigenvalue weighted by Crippen LogP contribution is 2.24. The van der Waals surface area contributed by atoms with Gasteiger partial charge >= 0.3 is 0 Å². The zero-order valence-corrected chi connectivity index (χ0v) is 12.6. The maximum absolute atomic E-state index is 13.3. The van der Waals surface area contributed by atoms with Crippen LogP contribution in [0.4, 0.5) is 4.39 Å². The Balaban J connectivity index is 2.56. The van der Waals surface area contributed by atoms with Crippen molar-refractivity contribution in [2.75, 3.05) is 0 Å². The third-order valence-electron chi connectivity index (χ3n) is 3.26. The molecular weight excluding hydrogens is 307 g/mol. The van der Waals surface area contributed by atoms with Gasteiger partial charge in [-0.05, 0) is 61.7 Å². The maximum Gasteiger partial charge on any atom is 0.194 e. The van der Waals surface area contributed by atoms with Gasteiger partial charge in [0.2, 0.25) is 0 Å². The molecule has 0 atom stereocenters. The predicted octanol–water partition coefficient (Wildman–Crippen LogP) is 4.74. The van der Waals surface area contributed by atoms with E-state index in [1.54, 1.807) is 6.07 Å². The molecule has 2 aromatic rings. The second-order valence-electron chi connectivity index (χ2n) is 4.70. The highest BCUT2D eigenvalue weighted by atomic mass is 79.9. The maximum atomic E-state index is 13.3. The summed E-state index contributed by atoms with van der Waals surface area (Å²) in [6.45, 7) is 5.87. The average Bonchev–Trinajstić information content (AvgIpc) is 2.36. The molecule has 98 valence electrons. The third kappa shape index (κ3) is 2.76. The molecule has 1 nitrogen and oxygen atoms in total. The Morgan fingerprint density at radius 1 is 0.947 bits per heavy atom. The second kappa shape index (κ2) is 5.25. The molecular formula is C16H14BrFO. The van der Waals surface area contributed by atoms with Crippen molar-refractivity contribution < 1.29 is 9.18 Å². The predicted molar refractivity (Wildman–Crippen MR) is 78.2 cm³/mol. The Hall–Kier alpha value is -1.48. The minimum absolute atomic E-state index is 0.160. The van der Waals surface area contributed by atoms with Crippen molar-refractivity contribution in [1.29, 1.82) is 0 Å². The number of benzene rings is 2. The molecule has 0 aliphatic heterocycles. The SMILES string of the molecule is Cc1cc(C)c(C(=O)c2cc(F)ccc2Br)cc1C. The van der Waals surface area contributed by atoms with E-state index in [9.17, 15) is 9.18 Å².